The molecule has 3 heterocycles. The Labute approximate surface area is 144 Å². The lowest BCUT2D eigenvalue weighted by Crippen LogP contribution is -2.05. The van der Waals surface area contributed by atoms with Crippen LogP contribution >= 0.6 is 0 Å². The second-order valence-electron chi connectivity index (χ2n) is 5.83. The zero-order valence-corrected chi connectivity index (χ0v) is 13.7. The molecule has 0 aliphatic rings. The number of hydrogen-bond donors (Lipinski definition) is 2. The van der Waals surface area contributed by atoms with E-state index in [0.29, 0.717) is 0 Å². The van der Waals surface area contributed by atoms with Crippen molar-refractivity contribution in [3.63, 3.8) is 0 Å². The van der Waals surface area contributed by atoms with E-state index in [9.17, 15) is 4.79 Å². The number of carbonyl (C=O) groups is 1. The van der Waals surface area contributed by atoms with Gasteiger partial charge in [0.25, 0.3) is 0 Å². The molecule has 0 aliphatic carbocycles. The van der Waals surface area contributed by atoms with Crippen molar-refractivity contribution in [2.45, 2.75) is 6.92 Å². The summed E-state index contributed by atoms with van der Waals surface area (Å²) >= 11 is 0. The maximum absolute atomic E-state index is 11.3. The van der Waals surface area contributed by atoms with Crippen molar-refractivity contribution in [1.82, 2.24) is 15.0 Å². The Morgan fingerprint density at radius 3 is 2.72 bits per heavy atom. The minimum absolute atomic E-state index is 0.0865. The van der Waals surface area contributed by atoms with E-state index in [1.807, 2.05) is 55.0 Å². The number of pyridine rings is 2. The predicted octanol–water partition coefficient (Wildman–Crippen LogP) is 4.25. The molecule has 5 heteroatoms. The van der Waals surface area contributed by atoms with Crippen LogP contribution in [0.4, 0.5) is 5.69 Å². The van der Waals surface area contributed by atoms with Gasteiger partial charge >= 0.3 is 0 Å². The normalized spacial score (nSPS) is 10.8. The summed E-state index contributed by atoms with van der Waals surface area (Å²) in [6.07, 6.45) is 7.36. The maximum atomic E-state index is 11.3. The van der Waals surface area contributed by atoms with E-state index in [0.717, 1.165) is 39.0 Å². The molecule has 0 bridgehead atoms. The minimum Gasteiger partial charge on any atom is -0.346 e. The van der Waals surface area contributed by atoms with Crippen molar-refractivity contribution in [2.24, 2.45) is 0 Å². The first kappa shape index (κ1) is 15.1. The number of amides is 1. The number of carbonyl (C=O) groups excluding carboxylic acids is 1. The van der Waals surface area contributed by atoms with Crippen molar-refractivity contribution in [1.29, 1.82) is 0 Å². The van der Waals surface area contributed by atoms with Gasteiger partial charge in [0.15, 0.2) is 0 Å². The fraction of sp³-hybridized carbons (Fsp3) is 0.0500. The van der Waals surface area contributed by atoms with Crippen LogP contribution in [0.25, 0.3) is 33.3 Å². The molecule has 0 saturated heterocycles. The van der Waals surface area contributed by atoms with Gasteiger partial charge in [-0.15, -0.1) is 0 Å². The standard InChI is InChI=1S/C20H16N4O/c1-13(25)24-17-6-2-4-14(8-17)19-12-23-20-18(19)9-16(11-22-20)15-5-3-7-21-10-15/h2-12H,1H3,(H,22,23)(H,24,25). The topological polar surface area (TPSA) is 70.7 Å². The molecular weight excluding hydrogens is 312 g/mol. The summed E-state index contributed by atoms with van der Waals surface area (Å²) in [6, 6.07) is 13.8. The molecule has 5 nitrogen and oxygen atoms in total. The second-order valence-corrected chi connectivity index (χ2v) is 5.83. The van der Waals surface area contributed by atoms with Crippen LogP contribution in [0.15, 0.2) is 67.3 Å². The van der Waals surface area contributed by atoms with E-state index in [-0.39, 0.29) is 5.91 Å². The Morgan fingerprint density at radius 1 is 1.04 bits per heavy atom. The van der Waals surface area contributed by atoms with E-state index in [1.165, 1.54) is 6.92 Å². The molecule has 0 spiro atoms. The summed E-state index contributed by atoms with van der Waals surface area (Å²) in [6.45, 7) is 1.50. The molecule has 1 amide bonds. The van der Waals surface area contributed by atoms with Gasteiger partial charge in [-0.2, -0.15) is 0 Å². The van der Waals surface area contributed by atoms with Crippen molar-refractivity contribution in [3.05, 3.63) is 67.3 Å². The van der Waals surface area contributed by atoms with Crippen LogP contribution in [0.5, 0.6) is 0 Å². The average molecular weight is 328 g/mol. The SMILES string of the molecule is CC(=O)Nc1cccc(-c2c[nH]c3ncc(-c4cccnc4)cc23)c1. The Kier molecular flexibility index (Phi) is 3.74. The van der Waals surface area contributed by atoms with Gasteiger partial charge < -0.3 is 10.3 Å². The molecular formula is C20H16N4O. The molecule has 0 unspecified atom stereocenters. The summed E-state index contributed by atoms with van der Waals surface area (Å²) in [7, 11) is 0. The van der Waals surface area contributed by atoms with Gasteiger partial charge in [0.2, 0.25) is 5.91 Å². The van der Waals surface area contributed by atoms with Gasteiger partial charge in [-0.05, 0) is 29.8 Å². The van der Waals surface area contributed by atoms with Crippen LogP contribution in [0.1, 0.15) is 6.92 Å². The van der Waals surface area contributed by atoms with Crippen LogP contribution in [-0.4, -0.2) is 20.9 Å². The van der Waals surface area contributed by atoms with Crippen LogP contribution in [-0.2, 0) is 4.79 Å². The number of anilines is 1. The molecule has 0 fully saturated rings. The highest BCUT2D eigenvalue weighted by atomic mass is 16.1. The largest absolute Gasteiger partial charge is 0.346 e. The number of hydrogen-bond acceptors (Lipinski definition) is 3. The zero-order valence-electron chi connectivity index (χ0n) is 13.7. The van der Waals surface area contributed by atoms with E-state index in [2.05, 4.69) is 26.3 Å². The molecule has 0 saturated carbocycles. The number of nitrogens with zero attached hydrogens (tertiary/aromatic N) is 2. The molecule has 122 valence electrons. The summed E-state index contributed by atoms with van der Waals surface area (Å²) in [5.41, 5.74) is 5.70. The highest BCUT2D eigenvalue weighted by Crippen LogP contribution is 2.31. The molecule has 25 heavy (non-hydrogen) atoms. The van der Waals surface area contributed by atoms with Crippen LogP contribution < -0.4 is 5.32 Å². The average Bonchev–Trinajstić information content (AvgIpc) is 3.05. The van der Waals surface area contributed by atoms with Crippen molar-refractivity contribution in [3.8, 4) is 22.3 Å². The van der Waals surface area contributed by atoms with E-state index in [4.69, 9.17) is 0 Å². The van der Waals surface area contributed by atoms with Crippen LogP contribution in [0.2, 0.25) is 0 Å². The third-order valence-corrected chi connectivity index (χ3v) is 4.02. The number of aromatic amines is 1. The van der Waals surface area contributed by atoms with Gasteiger partial charge in [0.05, 0.1) is 0 Å². The number of benzene rings is 1. The number of H-pyrrole nitrogens is 1. The Balaban J connectivity index is 1.81. The van der Waals surface area contributed by atoms with Gasteiger partial charge in [0, 0.05) is 59.5 Å². The van der Waals surface area contributed by atoms with E-state index < -0.39 is 0 Å². The first-order valence-electron chi connectivity index (χ1n) is 7.96. The summed E-state index contributed by atoms with van der Waals surface area (Å²) in [4.78, 5) is 23.2. The Morgan fingerprint density at radius 2 is 1.92 bits per heavy atom. The summed E-state index contributed by atoms with van der Waals surface area (Å²) in [5.74, 6) is -0.0865. The van der Waals surface area contributed by atoms with Crippen LogP contribution in [0, 0.1) is 0 Å². The quantitative estimate of drug-likeness (QED) is 0.590. The molecule has 0 atom stereocenters. The molecule has 0 radical (unpaired) electrons. The first-order chi connectivity index (χ1) is 12.2. The molecule has 1 aromatic carbocycles. The number of fused-ring (bicyclic) bond motifs is 1. The van der Waals surface area contributed by atoms with Gasteiger partial charge in [-0.3, -0.25) is 9.78 Å². The maximum Gasteiger partial charge on any atom is 0.221 e. The van der Waals surface area contributed by atoms with Gasteiger partial charge in [-0.25, -0.2) is 4.98 Å². The zero-order chi connectivity index (χ0) is 17.2. The highest BCUT2D eigenvalue weighted by Gasteiger charge is 2.10. The lowest BCUT2D eigenvalue weighted by atomic mass is 10.0. The van der Waals surface area contributed by atoms with Gasteiger partial charge in [0.1, 0.15) is 5.65 Å². The molecule has 2 N–H and O–H groups in total. The second kappa shape index (κ2) is 6.20. The van der Waals surface area contributed by atoms with Gasteiger partial charge in [-0.1, -0.05) is 18.2 Å². The third-order valence-electron chi connectivity index (χ3n) is 4.02. The van der Waals surface area contributed by atoms with E-state index in [1.54, 1.807) is 6.20 Å². The van der Waals surface area contributed by atoms with Crippen LogP contribution in [0.3, 0.4) is 0 Å². The molecule has 4 rings (SSSR count). The number of nitrogens with one attached hydrogen (secondary N) is 2. The summed E-state index contributed by atoms with van der Waals surface area (Å²) < 4.78 is 0. The monoisotopic (exact) mass is 328 g/mol. The molecule has 0 aliphatic heterocycles. The van der Waals surface area contributed by atoms with Crippen molar-refractivity contribution in [2.75, 3.05) is 5.32 Å². The molecule has 4 aromatic rings. The Bertz CT molecular complexity index is 1050. The third kappa shape index (κ3) is 2.99. The van der Waals surface area contributed by atoms with Crippen molar-refractivity contribution < 1.29 is 4.79 Å². The summed E-state index contributed by atoms with van der Waals surface area (Å²) in [5, 5.41) is 3.85. The Hall–Kier alpha value is -3.47. The number of rotatable bonds is 3. The predicted molar refractivity (Wildman–Crippen MR) is 99.1 cm³/mol. The minimum atomic E-state index is -0.0865. The highest BCUT2D eigenvalue weighted by molar-refractivity contribution is 5.97. The lowest BCUT2D eigenvalue weighted by molar-refractivity contribution is -0.114. The number of aromatic nitrogens is 3. The smallest absolute Gasteiger partial charge is 0.221 e. The molecule has 3 aromatic heterocycles. The fourth-order valence-electron chi connectivity index (χ4n) is 2.90. The van der Waals surface area contributed by atoms with Crippen molar-refractivity contribution >= 4 is 22.6 Å². The van der Waals surface area contributed by atoms with E-state index >= 15 is 0 Å². The lowest BCUT2D eigenvalue weighted by Gasteiger charge is -2.06. The fourth-order valence-corrected chi connectivity index (χ4v) is 2.90. The first-order valence-corrected chi connectivity index (χ1v) is 7.96.